The van der Waals surface area contributed by atoms with Crippen LogP contribution in [-0.2, 0) is 6.42 Å². The van der Waals surface area contributed by atoms with Gasteiger partial charge in [0, 0.05) is 25.0 Å². The summed E-state index contributed by atoms with van der Waals surface area (Å²) in [5.41, 5.74) is 3.18. The molecule has 0 saturated heterocycles. The summed E-state index contributed by atoms with van der Waals surface area (Å²) in [7, 11) is 1.88. The Kier molecular flexibility index (Phi) is 4.11. The molecule has 4 nitrogen and oxygen atoms in total. The maximum absolute atomic E-state index is 4.63. The number of hydrogen-bond donors (Lipinski definition) is 1. The number of hydrogen-bond acceptors (Lipinski definition) is 4. The molecule has 0 aliphatic heterocycles. The molecule has 0 amide bonds. The van der Waals surface area contributed by atoms with Crippen molar-refractivity contribution in [2.75, 3.05) is 12.4 Å². The molecule has 94 valence electrons. The summed E-state index contributed by atoms with van der Waals surface area (Å²) >= 11 is 2.28. The van der Waals surface area contributed by atoms with Crippen LogP contribution in [0.15, 0.2) is 18.5 Å². The van der Waals surface area contributed by atoms with Gasteiger partial charge in [-0.3, -0.25) is 4.98 Å². The van der Waals surface area contributed by atoms with Gasteiger partial charge in [-0.25, -0.2) is 9.97 Å². The SMILES string of the molecule is CCc1nc(-c2cnccc2C)nc(NC)c1I. The van der Waals surface area contributed by atoms with E-state index in [9.17, 15) is 0 Å². The molecule has 2 rings (SSSR count). The summed E-state index contributed by atoms with van der Waals surface area (Å²) in [6.07, 6.45) is 4.49. The molecule has 0 fully saturated rings. The summed E-state index contributed by atoms with van der Waals surface area (Å²) in [6.45, 7) is 4.15. The van der Waals surface area contributed by atoms with Crippen LogP contribution in [-0.4, -0.2) is 22.0 Å². The van der Waals surface area contributed by atoms with E-state index in [2.05, 4.69) is 49.8 Å². The molecule has 2 aromatic rings. The van der Waals surface area contributed by atoms with Crippen molar-refractivity contribution < 1.29 is 0 Å². The normalized spacial score (nSPS) is 10.4. The first-order chi connectivity index (χ1) is 8.67. The van der Waals surface area contributed by atoms with E-state index < -0.39 is 0 Å². The lowest BCUT2D eigenvalue weighted by molar-refractivity contribution is 0.987. The lowest BCUT2D eigenvalue weighted by Gasteiger charge is -2.11. The first kappa shape index (κ1) is 13.2. The second-order valence-electron chi connectivity index (χ2n) is 3.95. The maximum Gasteiger partial charge on any atom is 0.163 e. The Morgan fingerprint density at radius 3 is 2.72 bits per heavy atom. The molecule has 0 aromatic carbocycles. The van der Waals surface area contributed by atoms with Crippen molar-refractivity contribution >= 4 is 28.4 Å². The predicted octanol–water partition coefficient (Wildman–Crippen LogP) is 3.06. The smallest absolute Gasteiger partial charge is 0.163 e. The minimum absolute atomic E-state index is 0.738. The van der Waals surface area contributed by atoms with Crippen LogP contribution in [0.4, 0.5) is 5.82 Å². The third kappa shape index (κ3) is 2.45. The van der Waals surface area contributed by atoms with Gasteiger partial charge in [0.2, 0.25) is 0 Å². The van der Waals surface area contributed by atoms with Crippen molar-refractivity contribution in [1.82, 2.24) is 15.0 Å². The van der Waals surface area contributed by atoms with Crippen LogP contribution in [0.3, 0.4) is 0 Å². The zero-order chi connectivity index (χ0) is 13.1. The van der Waals surface area contributed by atoms with Gasteiger partial charge >= 0.3 is 0 Å². The van der Waals surface area contributed by atoms with Gasteiger partial charge < -0.3 is 5.32 Å². The summed E-state index contributed by atoms with van der Waals surface area (Å²) in [4.78, 5) is 13.3. The predicted molar refractivity (Wildman–Crippen MR) is 81.6 cm³/mol. The Morgan fingerprint density at radius 1 is 1.33 bits per heavy atom. The molecule has 0 radical (unpaired) electrons. The number of aromatic nitrogens is 3. The summed E-state index contributed by atoms with van der Waals surface area (Å²) in [5, 5.41) is 3.12. The molecule has 2 heterocycles. The van der Waals surface area contributed by atoms with Crippen LogP contribution in [0.5, 0.6) is 0 Å². The molecule has 18 heavy (non-hydrogen) atoms. The zero-order valence-corrected chi connectivity index (χ0v) is 12.8. The Hall–Kier alpha value is -1.24. The fourth-order valence-electron chi connectivity index (χ4n) is 1.71. The highest BCUT2D eigenvalue weighted by atomic mass is 127. The van der Waals surface area contributed by atoms with E-state index in [-0.39, 0.29) is 0 Å². The third-order valence-electron chi connectivity index (χ3n) is 2.77. The van der Waals surface area contributed by atoms with Crippen LogP contribution < -0.4 is 5.32 Å². The first-order valence-electron chi connectivity index (χ1n) is 5.82. The second kappa shape index (κ2) is 5.60. The molecule has 0 saturated carbocycles. The Morgan fingerprint density at radius 2 is 2.11 bits per heavy atom. The highest BCUT2D eigenvalue weighted by molar-refractivity contribution is 14.1. The number of nitrogens with one attached hydrogen (secondary N) is 1. The van der Waals surface area contributed by atoms with Crippen molar-refractivity contribution in [3.8, 4) is 11.4 Å². The Balaban J connectivity index is 2.62. The van der Waals surface area contributed by atoms with Crippen molar-refractivity contribution in [2.45, 2.75) is 20.3 Å². The number of rotatable bonds is 3. The number of anilines is 1. The Bertz CT molecular complexity index is 544. The number of pyridine rings is 1. The average molecular weight is 354 g/mol. The molecule has 0 aliphatic carbocycles. The molecule has 1 N–H and O–H groups in total. The van der Waals surface area contributed by atoms with Gasteiger partial charge in [-0.1, -0.05) is 6.92 Å². The highest BCUT2D eigenvalue weighted by Gasteiger charge is 2.12. The number of nitrogens with zero attached hydrogens (tertiary/aromatic N) is 3. The lowest BCUT2D eigenvalue weighted by Crippen LogP contribution is -2.05. The summed E-state index contributed by atoms with van der Waals surface area (Å²) in [5.74, 6) is 1.61. The summed E-state index contributed by atoms with van der Waals surface area (Å²) < 4.78 is 1.09. The van der Waals surface area contributed by atoms with Crippen molar-refractivity contribution in [3.05, 3.63) is 33.3 Å². The van der Waals surface area contributed by atoms with Gasteiger partial charge in [-0.15, -0.1) is 0 Å². The van der Waals surface area contributed by atoms with Gasteiger partial charge in [0.05, 0.1) is 9.26 Å². The first-order valence-corrected chi connectivity index (χ1v) is 6.90. The quantitative estimate of drug-likeness (QED) is 0.861. The fourth-order valence-corrected chi connectivity index (χ4v) is 2.60. The van der Waals surface area contributed by atoms with Crippen LogP contribution >= 0.6 is 22.6 Å². The maximum atomic E-state index is 4.63. The Labute approximate surface area is 120 Å². The molecule has 5 heteroatoms. The van der Waals surface area contributed by atoms with Crippen LogP contribution in [0, 0.1) is 10.5 Å². The number of aryl methyl sites for hydroxylation is 2. The van der Waals surface area contributed by atoms with E-state index in [0.29, 0.717) is 0 Å². The number of halogens is 1. The lowest BCUT2D eigenvalue weighted by atomic mass is 10.1. The van der Waals surface area contributed by atoms with Crippen molar-refractivity contribution in [1.29, 1.82) is 0 Å². The minimum atomic E-state index is 0.738. The second-order valence-corrected chi connectivity index (χ2v) is 5.03. The molecular formula is C13H15IN4. The largest absolute Gasteiger partial charge is 0.372 e. The van der Waals surface area contributed by atoms with E-state index >= 15 is 0 Å². The highest BCUT2D eigenvalue weighted by Crippen LogP contribution is 2.25. The van der Waals surface area contributed by atoms with Gasteiger partial charge in [-0.2, -0.15) is 0 Å². The van der Waals surface area contributed by atoms with Crippen LogP contribution in [0.2, 0.25) is 0 Å². The fraction of sp³-hybridized carbons (Fsp3) is 0.308. The molecule has 0 spiro atoms. The molecule has 2 aromatic heterocycles. The molecule has 0 unspecified atom stereocenters. The van der Waals surface area contributed by atoms with Crippen molar-refractivity contribution in [3.63, 3.8) is 0 Å². The summed E-state index contributed by atoms with van der Waals surface area (Å²) in [6, 6.07) is 1.97. The molecule has 0 atom stereocenters. The van der Waals surface area contributed by atoms with E-state index in [1.165, 1.54) is 0 Å². The van der Waals surface area contributed by atoms with Crippen LogP contribution in [0.1, 0.15) is 18.2 Å². The van der Waals surface area contributed by atoms with Gasteiger partial charge in [0.25, 0.3) is 0 Å². The zero-order valence-electron chi connectivity index (χ0n) is 10.7. The van der Waals surface area contributed by atoms with E-state index in [4.69, 9.17) is 0 Å². The van der Waals surface area contributed by atoms with Crippen LogP contribution in [0.25, 0.3) is 11.4 Å². The molecule has 0 aliphatic rings. The third-order valence-corrected chi connectivity index (χ3v) is 3.91. The van der Waals surface area contributed by atoms with E-state index in [1.807, 2.05) is 26.2 Å². The van der Waals surface area contributed by atoms with Gasteiger partial charge in [0.15, 0.2) is 5.82 Å². The molecular weight excluding hydrogens is 339 g/mol. The molecule has 0 bridgehead atoms. The van der Waals surface area contributed by atoms with E-state index in [1.54, 1.807) is 6.20 Å². The monoisotopic (exact) mass is 354 g/mol. The topological polar surface area (TPSA) is 50.7 Å². The van der Waals surface area contributed by atoms with Gasteiger partial charge in [-0.05, 0) is 47.6 Å². The van der Waals surface area contributed by atoms with Crippen molar-refractivity contribution in [2.24, 2.45) is 0 Å². The van der Waals surface area contributed by atoms with E-state index in [0.717, 1.165) is 38.5 Å². The van der Waals surface area contributed by atoms with Gasteiger partial charge in [0.1, 0.15) is 5.82 Å². The standard InChI is InChI=1S/C13H15IN4/c1-4-10-11(14)13(15-3)18-12(17-10)9-7-16-6-5-8(9)2/h5-7H,4H2,1-3H3,(H,15,17,18). The minimum Gasteiger partial charge on any atom is -0.372 e. The average Bonchev–Trinajstić information content (AvgIpc) is 2.40.